The summed E-state index contributed by atoms with van der Waals surface area (Å²) in [7, 11) is 0. The zero-order valence-corrected chi connectivity index (χ0v) is 15.2. The van der Waals surface area contributed by atoms with Crippen LogP contribution in [0.15, 0.2) is 30.3 Å². The number of carbonyl (C=O) groups excluding carboxylic acids is 2. The molecule has 2 heterocycles. The lowest BCUT2D eigenvalue weighted by atomic mass is 10.0. The molecule has 1 saturated heterocycles. The van der Waals surface area contributed by atoms with E-state index in [1.807, 2.05) is 23.1 Å². The van der Waals surface area contributed by atoms with E-state index in [9.17, 15) is 9.59 Å². The second-order valence-electron chi connectivity index (χ2n) is 6.38. The predicted octanol–water partition coefficient (Wildman–Crippen LogP) is 3.97. The van der Waals surface area contributed by atoms with Gasteiger partial charge in [0, 0.05) is 18.8 Å². The van der Waals surface area contributed by atoms with Crippen molar-refractivity contribution in [2.45, 2.75) is 26.7 Å². The number of hydrogen-bond acceptors (Lipinski definition) is 4. The number of aromatic nitrogens is 1. The molecule has 0 spiro atoms. The summed E-state index contributed by atoms with van der Waals surface area (Å²) in [4.78, 5) is 31.6. The first kappa shape index (κ1) is 17.4. The Balaban J connectivity index is 1.65. The molecule has 7 heteroatoms. The van der Waals surface area contributed by atoms with Gasteiger partial charge >= 0.3 is 6.03 Å². The first-order valence-corrected chi connectivity index (χ1v) is 9.24. The highest BCUT2D eigenvalue weighted by molar-refractivity contribution is 7.17. The molecule has 1 unspecified atom stereocenters. The van der Waals surface area contributed by atoms with Crippen LogP contribution in [0, 0.1) is 12.8 Å². The Morgan fingerprint density at radius 2 is 2.00 bits per heavy atom. The number of nitrogens with zero attached hydrogens (tertiary/aromatic N) is 2. The van der Waals surface area contributed by atoms with Crippen LogP contribution in [0.25, 0.3) is 0 Å². The van der Waals surface area contributed by atoms with Crippen LogP contribution in [0.5, 0.6) is 0 Å². The third-order valence-corrected chi connectivity index (χ3v) is 5.25. The molecule has 1 aliphatic rings. The highest BCUT2D eigenvalue weighted by Gasteiger charge is 2.25. The molecule has 1 aromatic heterocycles. The van der Waals surface area contributed by atoms with E-state index in [1.54, 1.807) is 19.1 Å². The maximum absolute atomic E-state index is 12.7. The van der Waals surface area contributed by atoms with Crippen LogP contribution in [0.1, 0.15) is 35.1 Å². The zero-order valence-electron chi connectivity index (χ0n) is 14.4. The van der Waals surface area contributed by atoms with Gasteiger partial charge in [-0.3, -0.25) is 10.1 Å². The largest absolute Gasteiger partial charge is 0.338 e. The second kappa shape index (κ2) is 7.65. The van der Waals surface area contributed by atoms with Crippen molar-refractivity contribution in [3.63, 3.8) is 0 Å². The number of thiazole rings is 1. The lowest BCUT2D eigenvalue weighted by molar-refractivity contribution is 0.0687. The van der Waals surface area contributed by atoms with Crippen LogP contribution in [0.4, 0.5) is 15.6 Å². The lowest BCUT2D eigenvalue weighted by Crippen LogP contribution is -2.39. The number of carbonyl (C=O) groups is 2. The molecule has 25 heavy (non-hydrogen) atoms. The molecule has 1 atom stereocenters. The summed E-state index contributed by atoms with van der Waals surface area (Å²) < 4.78 is 0. The molecule has 0 aliphatic carbocycles. The third-order valence-electron chi connectivity index (χ3n) is 4.19. The molecule has 0 saturated carbocycles. The molecule has 0 bridgehead atoms. The molecular formula is C18H22N4O2S. The number of piperidine rings is 1. The number of nitrogens with one attached hydrogen (secondary N) is 2. The number of rotatable bonds is 3. The minimum absolute atomic E-state index is 0.0121. The minimum atomic E-state index is -0.370. The van der Waals surface area contributed by atoms with Crippen LogP contribution in [0.3, 0.4) is 0 Å². The van der Waals surface area contributed by atoms with Gasteiger partial charge in [0.15, 0.2) is 5.13 Å². The van der Waals surface area contributed by atoms with Crippen molar-refractivity contribution in [3.8, 4) is 0 Å². The molecule has 1 aliphatic heterocycles. The quantitative estimate of drug-likeness (QED) is 0.872. The van der Waals surface area contributed by atoms with Crippen molar-refractivity contribution in [1.82, 2.24) is 9.88 Å². The Bertz CT molecular complexity index is 760. The summed E-state index contributed by atoms with van der Waals surface area (Å²) >= 11 is 1.23. The molecule has 2 N–H and O–H groups in total. The van der Waals surface area contributed by atoms with E-state index in [0.717, 1.165) is 25.9 Å². The standard InChI is InChI=1S/C18H22N4O2S/c1-12-7-6-10-22(11-12)16(23)15-13(2)19-18(25-15)21-17(24)20-14-8-4-3-5-9-14/h3-5,8-9,12H,6-7,10-11H2,1-2H3,(H2,19,20,21,24). The number of urea groups is 1. The molecule has 1 fully saturated rings. The van der Waals surface area contributed by atoms with Gasteiger partial charge in [-0.25, -0.2) is 9.78 Å². The summed E-state index contributed by atoms with van der Waals surface area (Å²) in [5, 5.41) is 5.87. The Kier molecular flexibility index (Phi) is 5.33. The monoisotopic (exact) mass is 358 g/mol. The Morgan fingerprint density at radius 1 is 1.24 bits per heavy atom. The van der Waals surface area contributed by atoms with Crippen molar-refractivity contribution in [3.05, 3.63) is 40.9 Å². The highest BCUT2D eigenvalue weighted by atomic mass is 32.1. The van der Waals surface area contributed by atoms with Gasteiger partial charge in [-0.2, -0.15) is 0 Å². The van der Waals surface area contributed by atoms with Gasteiger partial charge in [0.1, 0.15) is 4.88 Å². The molecule has 2 aromatic rings. The van der Waals surface area contributed by atoms with Crippen molar-refractivity contribution < 1.29 is 9.59 Å². The van der Waals surface area contributed by atoms with Gasteiger partial charge in [-0.1, -0.05) is 36.5 Å². The molecule has 1 aromatic carbocycles. The highest BCUT2D eigenvalue weighted by Crippen LogP contribution is 2.26. The number of anilines is 2. The number of benzene rings is 1. The van der Waals surface area contributed by atoms with E-state index in [1.165, 1.54) is 11.3 Å². The van der Waals surface area contributed by atoms with Crippen molar-refractivity contribution >= 4 is 34.1 Å². The molecule has 3 amide bonds. The SMILES string of the molecule is Cc1nc(NC(=O)Nc2ccccc2)sc1C(=O)N1CCCC(C)C1. The van der Waals surface area contributed by atoms with Crippen molar-refractivity contribution in [1.29, 1.82) is 0 Å². The number of amides is 3. The minimum Gasteiger partial charge on any atom is -0.338 e. The van der Waals surface area contributed by atoms with Crippen LogP contribution in [-0.4, -0.2) is 34.9 Å². The fourth-order valence-corrected chi connectivity index (χ4v) is 3.88. The summed E-state index contributed by atoms with van der Waals surface area (Å²) in [5.41, 5.74) is 1.36. The maximum atomic E-state index is 12.7. The van der Waals surface area contributed by atoms with E-state index < -0.39 is 0 Å². The molecule has 132 valence electrons. The number of aryl methyl sites for hydroxylation is 1. The molecular weight excluding hydrogens is 336 g/mol. The van der Waals surface area contributed by atoms with Crippen LogP contribution in [0.2, 0.25) is 0 Å². The molecule has 3 rings (SSSR count). The third kappa shape index (κ3) is 4.36. The molecule has 0 radical (unpaired) electrons. The fourth-order valence-electron chi connectivity index (χ4n) is 2.95. The van der Waals surface area contributed by atoms with E-state index in [4.69, 9.17) is 0 Å². The van der Waals surface area contributed by atoms with Crippen LogP contribution >= 0.6 is 11.3 Å². The Labute approximate surface area is 151 Å². The van der Waals surface area contributed by atoms with E-state index in [-0.39, 0.29) is 11.9 Å². The maximum Gasteiger partial charge on any atom is 0.325 e. The van der Waals surface area contributed by atoms with Gasteiger partial charge in [0.2, 0.25) is 0 Å². The Morgan fingerprint density at radius 3 is 2.72 bits per heavy atom. The van der Waals surface area contributed by atoms with E-state index >= 15 is 0 Å². The number of likely N-dealkylation sites (tertiary alicyclic amines) is 1. The normalized spacial score (nSPS) is 17.2. The average molecular weight is 358 g/mol. The van der Waals surface area contributed by atoms with Crippen molar-refractivity contribution in [2.24, 2.45) is 5.92 Å². The predicted molar refractivity (Wildman–Crippen MR) is 100 cm³/mol. The summed E-state index contributed by atoms with van der Waals surface area (Å²) in [6.07, 6.45) is 2.20. The summed E-state index contributed by atoms with van der Waals surface area (Å²) in [6.45, 7) is 5.54. The summed E-state index contributed by atoms with van der Waals surface area (Å²) in [6, 6.07) is 8.81. The average Bonchev–Trinajstić information content (AvgIpc) is 2.95. The van der Waals surface area contributed by atoms with Gasteiger partial charge in [0.05, 0.1) is 5.69 Å². The van der Waals surface area contributed by atoms with Crippen molar-refractivity contribution in [2.75, 3.05) is 23.7 Å². The lowest BCUT2D eigenvalue weighted by Gasteiger charge is -2.30. The first-order valence-electron chi connectivity index (χ1n) is 8.42. The topological polar surface area (TPSA) is 74.3 Å². The van der Waals surface area contributed by atoms with Crippen LogP contribution in [-0.2, 0) is 0 Å². The number of hydrogen-bond donors (Lipinski definition) is 2. The number of para-hydroxylation sites is 1. The summed E-state index contributed by atoms with van der Waals surface area (Å²) in [5.74, 6) is 0.540. The smallest absolute Gasteiger partial charge is 0.325 e. The Hall–Kier alpha value is -2.41. The molecule has 6 nitrogen and oxygen atoms in total. The van der Waals surface area contributed by atoms with Gasteiger partial charge < -0.3 is 10.2 Å². The van der Waals surface area contributed by atoms with Gasteiger partial charge in [0.25, 0.3) is 5.91 Å². The van der Waals surface area contributed by atoms with Crippen LogP contribution < -0.4 is 10.6 Å². The first-order chi connectivity index (χ1) is 12.0. The van der Waals surface area contributed by atoms with Gasteiger partial charge in [-0.15, -0.1) is 0 Å². The zero-order chi connectivity index (χ0) is 17.8. The van der Waals surface area contributed by atoms with Gasteiger partial charge in [-0.05, 0) is 37.8 Å². The van der Waals surface area contributed by atoms with E-state index in [0.29, 0.717) is 27.3 Å². The fraction of sp³-hybridized carbons (Fsp3) is 0.389. The van der Waals surface area contributed by atoms with E-state index in [2.05, 4.69) is 22.5 Å². The second-order valence-corrected chi connectivity index (χ2v) is 7.38.